The van der Waals surface area contributed by atoms with Gasteiger partial charge in [0, 0.05) is 25.7 Å². The Morgan fingerprint density at radius 2 is 1.83 bits per heavy atom. The summed E-state index contributed by atoms with van der Waals surface area (Å²) in [6.07, 6.45) is -4.38. The van der Waals surface area contributed by atoms with Crippen molar-refractivity contribution in [2.45, 2.75) is 6.18 Å². The van der Waals surface area contributed by atoms with Crippen molar-refractivity contribution in [3.63, 3.8) is 0 Å². The van der Waals surface area contributed by atoms with Gasteiger partial charge in [-0.3, -0.25) is 4.79 Å². The molecule has 100 valence electrons. The van der Waals surface area contributed by atoms with Crippen LogP contribution in [-0.4, -0.2) is 38.0 Å². The highest BCUT2D eigenvalue weighted by Crippen LogP contribution is 2.29. The van der Waals surface area contributed by atoms with E-state index in [2.05, 4.69) is 5.32 Å². The number of carbonyl (C=O) groups excluding carboxylic acids is 1. The van der Waals surface area contributed by atoms with E-state index in [4.69, 9.17) is 0 Å². The fourth-order valence-electron chi connectivity index (χ4n) is 1.40. The predicted molar refractivity (Wildman–Crippen MR) is 62.3 cm³/mol. The molecule has 1 rings (SSSR count). The predicted octanol–water partition coefficient (Wildman–Crippen LogP) is 2.00. The first-order valence-electron chi connectivity index (χ1n) is 5.43. The number of halogens is 3. The van der Waals surface area contributed by atoms with E-state index < -0.39 is 11.7 Å². The maximum atomic E-state index is 12.3. The summed E-state index contributed by atoms with van der Waals surface area (Å²) in [5.41, 5.74) is -0.501. The minimum atomic E-state index is -4.38. The second kappa shape index (κ2) is 5.86. The molecule has 0 bridgehead atoms. The van der Waals surface area contributed by atoms with Gasteiger partial charge in [0.05, 0.1) is 5.56 Å². The summed E-state index contributed by atoms with van der Waals surface area (Å²) in [6, 6.07) is 4.22. The van der Waals surface area contributed by atoms with Gasteiger partial charge in [-0.15, -0.1) is 0 Å². The van der Waals surface area contributed by atoms with Crippen molar-refractivity contribution in [3.8, 4) is 0 Å². The summed E-state index contributed by atoms with van der Waals surface area (Å²) < 4.78 is 37.0. The number of hydrogen-bond donors (Lipinski definition) is 1. The molecule has 1 aromatic carbocycles. The van der Waals surface area contributed by atoms with Crippen molar-refractivity contribution in [2.24, 2.45) is 0 Å². The number of nitrogens with one attached hydrogen (secondary N) is 1. The highest BCUT2D eigenvalue weighted by atomic mass is 19.4. The van der Waals surface area contributed by atoms with Crippen LogP contribution in [0.25, 0.3) is 0 Å². The number of likely N-dealkylation sites (N-methyl/N-ethyl adjacent to an activating group) is 2. The van der Waals surface area contributed by atoms with Gasteiger partial charge < -0.3 is 10.2 Å². The minimum Gasteiger partial charge on any atom is -0.340 e. The lowest BCUT2D eigenvalue weighted by Crippen LogP contribution is -2.32. The molecular formula is C12H15F3N2O. The van der Waals surface area contributed by atoms with E-state index in [-0.39, 0.29) is 11.5 Å². The molecule has 0 atom stereocenters. The molecule has 0 heterocycles. The molecular weight excluding hydrogens is 245 g/mol. The molecule has 0 saturated heterocycles. The number of nitrogens with zero attached hydrogens (tertiary/aromatic N) is 1. The van der Waals surface area contributed by atoms with E-state index in [0.717, 1.165) is 12.1 Å². The molecule has 0 spiro atoms. The number of alkyl halides is 3. The van der Waals surface area contributed by atoms with Crippen LogP contribution in [0.15, 0.2) is 24.3 Å². The first-order chi connectivity index (χ1) is 8.36. The molecule has 1 amide bonds. The third-order valence-electron chi connectivity index (χ3n) is 2.50. The van der Waals surface area contributed by atoms with Gasteiger partial charge in [0.25, 0.3) is 5.91 Å². The molecule has 0 unspecified atom stereocenters. The van der Waals surface area contributed by atoms with Crippen LogP contribution in [-0.2, 0) is 6.18 Å². The van der Waals surface area contributed by atoms with Gasteiger partial charge in [0.1, 0.15) is 0 Å². The van der Waals surface area contributed by atoms with Gasteiger partial charge in [0.15, 0.2) is 0 Å². The average molecular weight is 260 g/mol. The number of hydrogen-bond acceptors (Lipinski definition) is 2. The highest BCUT2D eigenvalue weighted by Gasteiger charge is 2.30. The molecule has 0 aromatic heterocycles. The van der Waals surface area contributed by atoms with E-state index in [1.54, 1.807) is 14.1 Å². The van der Waals surface area contributed by atoms with Gasteiger partial charge >= 0.3 is 6.18 Å². The van der Waals surface area contributed by atoms with E-state index in [0.29, 0.717) is 13.1 Å². The summed E-state index contributed by atoms with van der Waals surface area (Å²) in [5.74, 6) is -0.293. The molecule has 0 saturated carbocycles. The molecule has 0 aliphatic rings. The number of amides is 1. The molecule has 6 heteroatoms. The van der Waals surface area contributed by atoms with Crippen molar-refractivity contribution < 1.29 is 18.0 Å². The maximum Gasteiger partial charge on any atom is 0.416 e. The summed E-state index contributed by atoms with van der Waals surface area (Å²) in [5, 5.41) is 2.89. The topological polar surface area (TPSA) is 32.3 Å². The smallest absolute Gasteiger partial charge is 0.340 e. The Kier molecular flexibility index (Phi) is 4.72. The van der Waals surface area contributed by atoms with E-state index in [1.807, 2.05) is 0 Å². The van der Waals surface area contributed by atoms with E-state index in [1.165, 1.54) is 17.0 Å². The molecule has 1 N–H and O–H groups in total. The Labute approximate surface area is 104 Å². The molecule has 0 aliphatic carbocycles. The first kappa shape index (κ1) is 14.5. The van der Waals surface area contributed by atoms with Crippen LogP contribution in [0.3, 0.4) is 0 Å². The second-order valence-electron chi connectivity index (χ2n) is 3.91. The van der Waals surface area contributed by atoms with Crippen LogP contribution in [0.4, 0.5) is 13.2 Å². The first-order valence-corrected chi connectivity index (χ1v) is 5.43. The maximum absolute atomic E-state index is 12.3. The monoisotopic (exact) mass is 260 g/mol. The van der Waals surface area contributed by atoms with Gasteiger partial charge in [0.2, 0.25) is 0 Å². The average Bonchev–Trinajstić information content (AvgIpc) is 2.34. The lowest BCUT2D eigenvalue weighted by molar-refractivity contribution is -0.137. The SMILES string of the molecule is CNCCN(C)C(=O)c1ccc(C(F)(F)F)cc1. The van der Waals surface area contributed by atoms with Gasteiger partial charge in [-0.1, -0.05) is 0 Å². The van der Waals surface area contributed by atoms with Crippen LogP contribution in [0, 0.1) is 0 Å². The van der Waals surface area contributed by atoms with Crippen LogP contribution in [0.2, 0.25) is 0 Å². The zero-order valence-electron chi connectivity index (χ0n) is 10.2. The second-order valence-corrected chi connectivity index (χ2v) is 3.91. The Morgan fingerprint density at radius 1 is 1.28 bits per heavy atom. The van der Waals surface area contributed by atoms with Crippen LogP contribution >= 0.6 is 0 Å². The molecule has 3 nitrogen and oxygen atoms in total. The number of rotatable bonds is 4. The molecule has 1 aromatic rings. The Morgan fingerprint density at radius 3 is 2.28 bits per heavy atom. The largest absolute Gasteiger partial charge is 0.416 e. The normalized spacial score (nSPS) is 11.4. The van der Waals surface area contributed by atoms with Crippen LogP contribution in [0.1, 0.15) is 15.9 Å². The highest BCUT2D eigenvalue weighted by molar-refractivity contribution is 5.94. The Balaban J connectivity index is 2.76. The quantitative estimate of drug-likeness (QED) is 0.898. The summed E-state index contributed by atoms with van der Waals surface area (Å²) in [6.45, 7) is 1.12. The lowest BCUT2D eigenvalue weighted by atomic mass is 10.1. The Hall–Kier alpha value is -1.56. The zero-order valence-corrected chi connectivity index (χ0v) is 10.2. The number of carbonyl (C=O) groups is 1. The molecule has 18 heavy (non-hydrogen) atoms. The van der Waals surface area contributed by atoms with Crippen molar-refractivity contribution in [2.75, 3.05) is 27.2 Å². The fourth-order valence-corrected chi connectivity index (χ4v) is 1.40. The van der Waals surface area contributed by atoms with Crippen molar-refractivity contribution in [1.82, 2.24) is 10.2 Å². The summed E-state index contributed by atoms with van der Waals surface area (Å²) in [4.78, 5) is 13.3. The third kappa shape index (κ3) is 3.73. The minimum absolute atomic E-state index is 0.251. The van der Waals surface area contributed by atoms with Crippen LogP contribution < -0.4 is 5.32 Å². The van der Waals surface area contributed by atoms with Gasteiger partial charge in [-0.2, -0.15) is 13.2 Å². The summed E-state index contributed by atoms with van der Waals surface area (Å²) in [7, 11) is 3.37. The number of benzene rings is 1. The van der Waals surface area contributed by atoms with E-state index in [9.17, 15) is 18.0 Å². The third-order valence-corrected chi connectivity index (χ3v) is 2.50. The fraction of sp³-hybridized carbons (Fsp3) is 0.417. The molecule has 0 fully saturated rings. The van der Waals surface area contributed by atoms with Crippen molar-refractivity contribution >= 4 is 5.91 Å². The molecule has 0 radical (unpaired) electrons. The van der Waals surface area contributed by atoms with Gasteiger partial charge in [-0.25, -0.2) is 0 Å². The van der Waals surface area contributed by atoms with E-state index >= 15 is 0 Å². The Bertz CT molecular complexity index is 401. The van der Waals surface area contributed by atoms with Crippen LogP contribution in [0.5, 0.6) is 0 Å². The van der Waals surface area contributed by atoms with Gasteiger partial charge in [-0.05, 0) is 31.3 Å². The standard InChI is InChI=1S/C12H15F3N2O/c1-16-7-8-17(2)11(18)9-3-5-10(6-4-9)12(13,14)15/h3-6,16H,7-8H2,1-2H3. The molecule has 0 aliphatic heterocycles. The van der Waals surface area contributed by atoms with Crippen molar-refractivity contribution in [1.29, 1.82) is 0 Å². The lowest BCUT2D eigenvalue weighted by Gasteiger charge is -2.17. The zero-order chi connectivity index (χ0) is 13.8. The van der Waals surface area contributed by atoms with Crippen molar-refractivity contribution in [3.05, 3.63) is 35.4 Å². The summed E-state index contributed by atoms with van der Waals surface area (Å²) >= 11 is 0.